The van der Waals surface area contributed by atoms with Crippen molar-refractivity contribution in [3.63, 3.8) is 0 Å². The summed E-state index contributed by atoms with van der Waals surface area (Å²) in [6.07, 6.45) is 0. The molecule has 3 N–H and O–H groups in total. The van der Waals surface area contributed by atoms with Crippen LogP contribution in [0.2, 0.25) is 0 Å². The first-order valence-corrected chi connectivity index (χ1v) is 7.29. The van der Waals surface area contributed by atoms with Gasteiger partial charge < -0.3 is 20.5 Å². The Morgan fingerprint density at radius 2 is 1.95 bits per heavy atom. The van der Waals surface area contributed by atoms with Gasteiger partial charge in [-0.2, -0.15) is 0 Å². The van der Waals surface area contributed by atoms with Gasteiger partial charge in [0, 0.05) is 13.7 Å². The summed E-state index contributed by atoms with van der Waals surface area (Å²) in [6.45, 7) is 1.21. The predicted molar refractivity (Wildman–Crippen MR) is 86.6 cm³/mol. The lowest BCUT2D eigenvalue weighted by Crippen LogP contribution is -2.35. The number of carbonyl (C=O) groups is 1. The molecule has 2 rings (SSSR count). The van der Waals surface area contributed by atoms with Gasteiger partial charge in [-0.1, -0.05) is 36.4 Å². The summed E-state index contributed by atoms with van der Waals surface area (Å²) in [5.41, 5.74) is 6.79. The molecule has 0 heterocycles. The zero-order chi connectivity index (χ0) is 15.8. The molecule has 0 aliphatic heterocycles. The molecule has 2 aromatic rings. The second-order valence-electron chi connectivity index (χ2n) is 5.01. The first kappa shape index (κ1) is 16.4. The summed E-state index contributed by atoms with van der Waals surface area (Å²) < 4.78 is 10.1. The number of carbonyl (C=O) groups excluding carboxylic acids is 1. The molecule has 2 aromatic carbocycles. The Labute approximate surface area is 130 Å². The molecular formula is C17H22N2O3. The van der Waals surface area contributed by atoms with Crippen molar-refractivity contribution in [2.45, 2.75) is 6.04 Å². The van der Waals surface area contributed by atoms with Crippen LogP contribution in [0.3, 0.4) is 0 Å². The molecule has 1 unspecified atom stereocenters. The average molecular weight is 302 g/mol. The van der Waals surface area contributed by atoms with Gasteiger partial charge in [0.25, 0.3) is 0 Å². The third-order valence-electron chi connectivity index (χ3n) is 3.41. The van der Waals surface area contributed by atoms with Gasteiger partial charge in [0.2, 0.25) is 5.91 Å². The Morgan fingerprint density at radius 1 is 1.18 bits per heavy atom. The van der Waals surface area contributed by atoms with E-state index in [0.717, 1.165) is 16.3 Å². The smallest absolute Gasteiger partial charge is 0.246 e. The maximum atomic E-state index is 11.9. The maximum Gasteiger partial charge on any atom is 0.246 e. The molecule has 22 heavy (non-hydrogen) atoms. The summed E-state index contributed by atoms with van der Waals surface area (Å²) in [5.74, 6) is -0.181. The molecule has 1 atom stereocenters. The van der Waals surface area contributed by atoms with E-state index >= 15 is 0 Å². The Hall–Kier alpha value is -1.95. The molecule has 0 aromatic heterocycles. The summed E-state index contributed by atoms with van der Waals surface area (Å²) in [6, 6.07) is 14.0. The van der Waals surface area contributed by atoms with Crippen molar-refractivity contribution in [3.05, 3.63) is 48.0 Å². The zero-order valence-electron chi connectivity index (χ0n) is 12.7. The fourth-order valence-electron chi connectivity index (χ4n) is 2.25. The summed E-state index contributed by atoms with van der Waals surface area (Å²) in [7, 11) is 1.59. The minimum Gasteiger partial charge on any atom is -0.382 e. The SMILES string of the molecule is COCCOCC(=O)NC(CN)c1ccc2ccccc2c1. The monoisotopic (exact) mass is 302 g/mol. The molecule has 1 amide bonds. The van der Waals surface area contributed by atoms with Gasteiger partial charge in [0.15, 0.2) is 0 Å². The van der Waals surface area contributed by atoms with Gasteiger partial charge in [-0.3, -0.25) is 4.79 Å². The van der Waals surface area contributed by atoms with Crippen molar-refractivity contribution in [2.24, 2.45) is 5.73 Å². The number of benzene rings is 2. The highest BCUT2D eigenvalue weighted by molar-refractivity contribution is 5.83. The number of ether oxygens (including phenoxy) is 2. The number of rotatable bonds is 8. The Balaban J connectivity index is 1.98. The number of hydrogen-bond donors (Lipinski definition) is 2. The number of nitrogens with two attached hydrogens (primary N) is 1. The van der Waals surface area contributed by atoms with Crippen LogP contribution >= 0.6 is 0 Å². The molecule has 0 radical (unpaired) electrons. The highest BCUT2D eigenvalue weighted by Gasteiger charge is 2.13. The predicted octanol–water partition coefficient (Wildman–Crippen LogP) is 1.62. The number of fused-ring (bicyclic) bond motifs is 1. The number of methoxy groups -OCH3 is 1. The topological polar surface area (TPSA) is 73.6 Å². The standard InChI is InChI=1S/C17H22N2O3/c1-21-8-9-22-12-17(20)19-16(11-18)15-7-6-13-4-2-3-5-14(13)10-15/h2-7,10,16H,8-9,11-12,18H2,1H3,(H,19,20). The lowest BCUT2D eigenvalue weighted by Gasteiger charge is -2.18. The van der Waals surface area contributed by atoms with Crippen molar-refractivity contribution in [1.82, 2.24) is 5.32 Å². The molecule has 118 valence electrons. The third kappa shape index (κ3) is 4.53. The lowest BCUT2D eigenvalue weighted by atomic mass is 10.0. The first-order chi connectivity index (χ1) is 10.7. The highest BCUT2D eigenvalue weighted by Crippen LogP contribution is 2.20. The third-order valence-corrected chi connectivity index (χ3v) is 3.41. The second kappa shape index (κ2) is 8.48. The van der Waals surface area contributed by atoms with Gasteiger partial charge in [-0.25, -0.2) is 0 Å². The lowest BCUT2D eigenvalue weighted by molar-refractivity contribution is -0.126. The first-order valence-electron chi connectivity index (χ1n) is 7.29. The minimum atomic E-state index is -0.219. The fourth-order valence-corrected chi connectivity index (χ4v) is 2.25. The summed E-state index contributed by atoms with van der Waals surface area (Å²) in [5, 5.41) is 5.19. The number of nitrogens with one attached hydrogen (secondary N) is 1. The Bertz CT molecular complexity index is 616. The van der Waals surface area contributed by atoms with E-state index in [0.29, 0.717) is 19.8 Å². The largest absolute Gasteiger partial charge is 0.382 e. The summed E-state index contributed by atoms with van der Waals surface area (Å²) in [4.78, 5) is 11.9. The van der Waals surface area contributed by atoms with Crippen LogP contribution in [-0.4, -0.2) is 39.4 Å². The molecular weight excluding hydrogens is 280 g/mol. The molecule has 0 saturated carbocycles. The van der Waals surface area contributed by atoms with Crippen LogP contribution in [0, 0.1) is 0 Å². The average Bonchev–Trinajstić information content (AvgIpc) is 2.56. The van der Waals surface area contributed by atoms with Crippen LogP contribution in [-0.2, 0) is 14.3 Å². The molecule has 0 bridgehead atoms. The van der Waals surface area contributed by atoms with E-state index in [2.05, 4.69) is 17.4 Å². The van der Waals surface area contributed by atoms with Crippen LogP contribution in [0.15, 0.2) is 42.5 Å². The van der Waals surface area contributed by atoms with Crippen molar-refractivity contribution < 1.29 is 14.3 Å². The quantitative estimate of drug-likeness (QED) is 0.727. The zero-order valence-corrected chi connectivity index (χ0v) is 12.7. The summed E-state index contributed by atoms with van der Waals surface area (Å²) >= 11 is 0. The highest BCUT2D eigenvalue weighted by atomic mass is 16.5. The van der Waals surface area contributed by atoms with Crippen LogP contribution in [0.25, 0.3) is 10.8 Å². The van der Waals surface area contributed by atoms with Crippen LogP contribution in [0.1, 0.15) is 11.6 Å². The van der Waals surface area contributed by atoms with Crippen molar-refractivity contribution in [3.8, 4) is 0 Å². The van der Waals surface area contributed by atoms with E-state index in [-0.39, 0.29) is 18.6 Å². The van der Waals surface area contributed by atoms with E-state index < -0.39 is 0 Å². The van der Waals surface area contributed by atoms with Crippen molar-refractivity contribution in [2.75, 3.05) is 33.5 Å². The minimum absolute atomic E-state index is 0.00738. The van der Waals surface area contributed by atoms with Gasteiger partial charge in [0.1, 0.15) is 6.61 Å². The van der Waals surface area contributed by atoms with E-state index in [9.17, 15) is 4.79 Å². The van der Waals surface area contributed by atoms with Crippen molar-refractivity contribution >= 4 is 16.7 Å². The van der Waals surface area contributed by atoms with Crippen LogP contribution in [0.5, 0.6) is 0 Å². The van der Waals surface area contributed by atoms with Gasteiger partial charge >= 0.3 is 0 Å². The van der Waals surface area contributed by atoms with E-state index in [1.165, 1.54) is 0 Å². The Morgan fingerprint density at radius 3 is 2.68 bits per heavy atom. The van der Waals surface area contributed by atoms with Crippen LogP contribution in [0.4, 0.5) is 0 Å². The number of hydrogen-bond acceptors (Lipinski definition) is 4. The van der Waals surface area contributed by atoms with Gasteiger partial charge in [-0.05, 0) is 22.4 Å². The maximum absolute atomic E-state index is 11.9. The fraction of sp³-hybridized carbons (Fsp3) is 0.353. The number of amides is 1. The van der Waals surface area contributed by atoms with E-state index in [4.69, 9.17) is 15.2 Å². The second-order valence-corrected chi connectivity index (χ2v) is 5.01. The molecule has 0 saturated heterocycles. The Kier molecular flexibility index (Phi) is 6.33. The molecule has 5 nitrogen and oxygen atoms in total. The molecule has 0 spiro atoms. The van der Waals surface area contributed by atoms with E-state index in [1.807, 2.05) is 30.3 Å². The van der Waals surface area contributed by atoms with Crippen molar-refractivity contribution in [1.29, 1.82) is 0 Å². The molecule has 5 heteroatoms. The normalized spacial score (nSPS) is 12.3. The van der Waals surface area contributed by atoms with E-state index in [1.54, 1.807) is 7.11 Å². The van der Waals surface area contributed by atoms with Crippen LogP contribution < -0.4 is 11.1 Å². The molecule has 0 aliphatic carbocycles. The van der Waals surface area contributed by atoms with Gasteiger partial charge in [0.05, 0.1) is 19.3 Å². The molecule has 0 fully saturated rings. The van der Waals surface area contributed by atoms with Gasteiger partial charge in [-0.15, -0.1) is 0 Å². The molecule has 0 aliphatic rings.